The smallest absolute Gasteiger partial charge is 0.151 e. The van der Waals surface area contributed by atoms with E-state index in [1.165, 1.54) is 12.1 Å². The molecule has 3 aromatic rings. The summed E-state index contributed by atoms with van der Waals surface area (Å²) in [6, 6.07) is 11.3. The van der Waals surface area contributed by atoms with Gasteiger partial charge in [0.2, 0.25) is 0 Å². The van der Waals surface area contributed by atoms with Gasteiger partial charge in [-0.1, -0.05) is 26.0 Å². The van der Waals surface area contributed by atoms with E-state index in [0.717, 1.165) is 11.1 Å². The standard InChI is InChI=1S/C21H19F2N3/c1-20(2)15-11-13(22)8-9-14(15)19(24-21(20,3)4)17-10-12-6-5-7-16(23)18(12)26-25-17/h5-11H,1-4H3. The number of aliphatic imine (C=N–C) groups is 1. The summed E-state index contributed by atoms with van der Waals surface area (Å²) in [4.78, 5) is 4.94. The molecular formula is C21H19F2N3. The largest absolute Gasteiger partial charge is 0.275 e. The van der Waals surface area contributed by atoms with Crippen molar-refractivity contribution in [3.05, 3.63) is 70.9 Å². The molecule has 1 aliphatic heterocycles. The SMILES string of the molecule is CC1(C)N=C(c2cc3cccc(F)c3nn2)c2ccc(F)cc2C1(C)C. The van der Waals surface area contributed by atoms with E-state index in [2.05, 4.69) is 24.0 Å². The first kappa shape index (κ1) is 16.8. The van der Waals surface area contributed by atoms with Crippen LogP contribution in [0.4, 0.5) is 8.78 Å². The third kappa shape index (κ3) is 2.34. The minimum Gasteiger partial charge on any atom is -0.275 e. The molecule has 5 heteroatoms. The van der Waals surface area contributed by atoms with E-state index < -0.39 is 11.4 Å². The van der Waals surface area contributed by atoms with E-state index in [4.69, 9.17) is 4.99 Å². The third-order valence-electron chi connectivity index (χ3n) is 5.64. The number of hydrogen-bond acceptors (Lipinski definition) is 3. The second-order valence-corrected chi connectivity index (χ2v) is 7.74. The molecule has 0 radical (unpaired) electrons. The predicted molar refractivity (Wildman–Crippen MR) is 98.6 cm³/mol. The van der Waals surface area contributed by atoms with Crippen molar-refractivity contribution in [2.24, 2.45) is 4.99 Å². The lowest BCUT2D eigenvalue weighted by molar-refractivity contribution is 0.302. The second-order valence-electron chi connectivity index (χ2n) is 7.74. The van der Waals surface area contributed by atoms with Crippen LogP contribution in [0.5, 0.6) is 0 Å². The van der Waals surface area contributed by atoms with Gasteiger partial charge < -0.3 is 0 Å². The lowest BCUT2D eigenvalue weighted by Crippen LogP contribution is -2.46. The zero-order valence-electron chi connectivity index (χ0n) is 15.1. The van der Waals surface area contributed by atoms with Crippen molar-refractivity contribution in [3.8, 4) is 0 Å². The van der Waals surface area contributed by atoms with E-state index in [1.807, 2.05) is 13.8 Å². The predicted octanol–water partition coefficient (Wildman–Crippen LogP) is 4.82. The Bertz CT molecular complexity index is 1070. The molecule has 0 aliphatic carbocycles. The number of halogens is 2. The lowest BCUT2D eigenvalue weighted by Gasteiger charge is -2.44. The summed E-state index contributed by atoms with van der Waals surface area (Å²) in [5.74, 6) is -0.684. The Morgan fingerprint density at radius 2 is 1.65 bits per heavy atom. The highest BCUT2D eigenvalue weighted by atomic mass is 19.1. The van der Waals surface area contributed by atoms with Crippen LogP contribution in [0, 0.1) is 11.6 Å². The molecule has 0 bridgehead atoms. The van der Waals surface area contributed by atoms with E-state index in [9.17, 15) is 8.78 Å². The molecule has 1 aliphatic rings. The van der Waals surface area contributed by atoms with Crippen LogP contribution < -0.4 is 0 Å². The summed E-state index contributed by atoms with van der Waals surface area (Å²) in [7, 11) is 0. The Morgan fingerprint density at radius 3 is 2.42 bits per heavy atom. The summed E-state index contributed by atoms with van der Waals surface area (Å²) in [5.41, 5.74) is 2.33. The maximum absolute atomic E-state index is 14.0. The normalized spacial score (nSPS) is 17.7. The number of aromatic nitrogens is 2. The Hall–Kier alpha value is -2.69. The van der Waals surface area contributed by atoms with E-state index in [-0.39, 0.29) is 16.7 Å². The second kappa shape index (κ2) is 5.40. The molecule has 0 unspecified atom stereocenters. The molecule has 0 atom stereocenters. The molecule has 0 spiro atoms. The molecule has 3 nitrogen and oxygen atoms in total. The average molecular weight is 351 g/mol. The van der Waals surface area contributed by atoms with Crippen LogP contribution in [0.15, 0.2) is 47.5 Å². The first-order valence-corrected chi connectivity index (χ1v) is 8.53. The Kier molecular flexibility index (Phi) is 3.48. The van der Waals surface area contributed by atoms with Crippen molar-refractivity contribution >= 4 is 16.6 Å². The Labute approximate surface area is 150 Å². The van der Waals surface area contributed by atoms with Gasteiger partial charge in [0.1, 0.15) is 17.0 Å². The summed E-state index contributed by atoms with van der Waals surface area (Å²) in [6.45, 7) is 8.17. The summed E-state index contributed by atoms with van der Waals surface area (Å²) < 4.78 is 27.9. The van der Waals surface area contributed by atoms with Crippen LogP contribution in [0.3, 0.4) is 0 Å². The van der Waals surface area contributed by atoms with Crippen molar-refractivity contribution in [1.29, 1.82) is 0 Å². The van der Waals surface area contributed by atoms with Gasteiger partial charge in [-0.15, -0.1) is 10.2 Å². The van der Waals surface area contributed by atoms with Crippen molar-refractivity contribution in [2.75, 3.05) is 0 Å². The molecule has 2 heterocycles. The van der Waals surface area contributed by atoms with Crippen LogP contribution in [0.25, 0.3) is 10.9 Å². The summed E-state index contributed by atoms with van der Waals surface area (Å²) in [6.07, 6.45) is 0. The number of benzene rings is 2. The van der Waals surface area contributed by atoms with E-state index in [1.54, 1.807) is 30.3 Å². The highest BCUT2D eigenvalue weighted by molar-refractivity contribution is 6.14. The van der Waals surface area contributed by atoms with Gasteiger partial charge in [-0.25, -0.2) is 8.78 Å². The number of nitrogens with zero attached hydrogens (tertiary/aromatic N) is 3. The zero-order valence-corrected chi connectivity index (χ0v) is 15.1. The van der Waals surface area contributed by atoms with Gasteiger partial charge >= 0.3 is 0 Å². The van der Waals surface area contributed by atoms with E-state index >= 15 is 0 Å². The monoisotopic (exact) mass is 351 g/mol. The van der Waals surface area contributed by atoms with Crippen LogP contribution in [-0.2, 0) is 5.41 Å². The van der Waals surface area contributed by atoms with Crippen LogP contribution in [-0.4, -0.2) is 21.4 Å². The quantitative estimate of drug-likeness (QED) is 0.631. The van der Waals surface area contributed by atoms with Gasteiger partial charge in [0.15, 0.2) is 5.82 Å². The summed E-state index contributed by atoms with van der Waals surface area (Å²) >= 11 is 0. The minimum atomic E-state index is -0.471. The van der Waals surface area contributed by atoms with Crippen molar-refractivity contribution < 1.29 is 8.78 Å². The van der Waals surface area contributed by atoms with Crippen LogP contribution in [0.1, 0.15) is 44.5 Å². The molecule has 132 valence electrons. The Balaban J connectivity index is 1.98. The highest BCUT2D eigenvalue weighted by Crippen LogP contribution is 2.44. The maximum atomic E-state index is 14.0. The van der Waals surface area contributed by atoms with Crippen LogP contribution in [0.2, 0.25) is 0 Å². The molecule has 0 saturated carbocycles. The fourth-order valence-electron chi connectivity index (χ4n) is 3.39. The minimum absolute atomic E-state index is 0.228. The topological polar surface area (TPSA) is 38.1 Å². The fourth-order valence-corrected chi connectivity index (χ4v) is 3.39. The summed E-state index contributed by atoms with van der Waals surface area (Å²) in [5, 5.41) is 8.92. The van der Waals surface area contributed by atoms with Crippen molar-refractivity contribution in [2.45, 2.75) is 38.6 Å². The molecule has 0 N–H and O–H groups in total. The molecule has 1 aromatic heterocycles. The number of rotatable bonds is 1. The van der Waals surface area contributed by atoms with Crippen molar-refractivity contribution in [3.63, 3.8) is 0 Å². The van der Waals surface area contributed by atoms with Gasteiger partial charge in [0, 0.05) is 16.4 Å². The van der Waals surface area contributed by atoms with Crippen molar-refractivity contribution in [1.82, 2.24) is 10.2 Å². The lowest BCUT2D eigenvalue weighted by atomic mass is 9.66. The molecule has 0 amide bonds. The maximum Gasteiger partial charge on any atom is 0.151 e. The first-order valence-electron chi connectivity index (χ1n) is 8.53. The molecule has 26 heavy (non-hydrogen) atoms. The molecule has 2 aromatic carbocycles. The van der Waals surface area contributed by atoms with Gasteiger partial charge in [-0.2, -0.15) is 0 Å². The molecular weight excluding hydrogens is 332 g/mol. The van der Waals surface area contributed by atoms with E-state index in [0.29, 0.717) is 16.8 Å². The fraction of sp³-hybridized carbons (Fsp3) is 0.286. The first-order chi connectivity index (χ1) is 12.2. The van der Waals surface area contributed by atoms with Gasteiger partial charge in [0.05, 0.1) is 11.3 Å². The molecule has 4 rings (SSSR count). The molecule has 0 fully saturated rings. The van der Waals surface area contributed by atoms with Gasteiger partial charge in [-0.05, 0) is 49.7 Å². The third-order valence-corrected chi connectivity index (χ3v) is 5.64. The zero-order chi connectivity index (χ0) is 18.7. The van der Waals surface area contributed by atoms with Gasteiger partial charge in [-0.3, -0.25) is 4.99 Å². The van der Waals surface area contributed by atoms with Gasteiger partial charge in [0.25, 0.3) is 0 Å². The highest BCUT2D eigenvalue weighted by Gasteiger charge is 2.44. The number of hydrogen-bond donors (Lipinski definition) is 0. The average Bonchev–Trinajstić information content (AvgIpc) is 2.59. The molecule has 0 saturated heterocycles. The number of fused-ring (bicyclic) bond motifs is 2. The van der Waals surface area contributed by atoms with Crippen LogP contribution >= 0.6 is 0 Å². The Morgan fingerprint density at radius 1 is 0.885 bits per heavy atom.